The zero-order valence-corrected chi connectivity index (χ0v) is 9.14. The average molecular weight is 179 g/mol. The second-order valence-electron chi connectivity index (χ2n) is 3.30. The smallest absolute Gasteiger partial charge is 0.0227 e. The van der Waals surface area contributed by atoms with E-state index in [4.69, 9.17) is 0 Å². The van der Waals surface area contributed by atoms with Gasteiger partial charge in [0, 0.05) is 6.54 Å². The summed E-state index contributed by atoms with van der Waals surface area (Å²) < 4.78 is 0. The molecule has 1 nitrogen and oxygen atoms in total. The first-order valence-electron chi connectivity index (χ1n) is 4.83. The van der Waals surface area contributed by atoms with Crippen molar-refractivity contribution in [3.63, 3.8) is 0 Å². The lowest BCUT2D eigenvalue weighted by Crippen LogP contribution is -2.24. The normalized spacial score (nSPS) is 11.1. The Hall–Kier alpha value is -0.820. The van der Waals surface area contributed by atoms with Gasteiger partial charge in [-0.15, -0.1) is 0 Å². The van der Waals surface area contributed by atoms with E-state index in [1.807, 2.05) is 19.1 Å². The molecule has 0 aromatic rings. The second kappa shape index (κ2) is 6.67. The number of nitrogens with zero attached hydrogens (tertiary/aromatic N) is 1. The summed E-state index contributed by atoms with van der Waals surface area (Å²) in [5.41, 5.74) is 2.22. The van der Waals surface area contributed by atoms with Crippen LogP contribution >= 0.6 is 0 Å². The van der Waals surface area contributed by atoms with Gasteiger partial charge in [-0.1, -0.05) is 44.7 Å². The monoisotopic (exact) mass is 179 g/mol. The summed E-state index contributed by atoms with van der Waals surface area (Å²) in [7, 11) is 0. The molecule has 0 unspecified atom stereocenters. The molecule has 0 radical (unpaired) electrons. The van der Waals surface area contributed by atoms with Crippen LogP contribution in [0.4, 0.5) is 0 Å². The van der Waals surface area contributed by atoms with E-state index in [0.29, 0.717) is 0 Å². The Balaban J connectivity index is 3.92. The molecule has 0 saturated carbocycles. The maximum absolute atomic E-state index is 3.99. The van der Waals surface area contributed by atoms with Gasteiger partial charge in [0.1, 0.15) is 0 Å². The summed E-state index contributed by atoms with van der Waals surface area (Å²) in [6.07, 6.45) is 4.05. The van der Waals surface area contributed by atoms with Gasteiger partial charge in [-0.3, -0.25) is 4.90 Å². The fourth-order valence-electron chi connectivity index (χ4n) is 1.05. The summed E-state index contributed by atoms with van der Waals surface area (Å²) in [6.45, 7) is 17.2. The van der Waals surface area contributed by atoms with Crippen LogP contribution in [0.3, 0.4) is 0 Å². The van der Waals surface area contributed by atoms with Crippen molar-refractivity contribution in [3.05, 3.63) is 36.5 Å². The lowest BCUT2D eigenvalue weighted by atomic mass is 10.2. The molecule has 0 N–H and O–H groups in total. The van der Waals surface area contributed by atoms with Crippen molar-refractivity contribution >= 4 is 0 Å². The first-order chi connectivity index (χ1) is 6.10. The van der Waals surface area contributed by atoms with Crippen LogP contribution in [0.1, 0.15) is 20.8 Å². The van der Waals surface area contributed by atoms with Crippen molar-refractivity contribution in [1.29, 1.82) is 0 Å². The molecule has 1 heteroatoms. The van der Waals surface area contributed by atoms with Gasteiger partial charge in [-0.05, 0) is 25.6 Å². The Morgan fingerprint density at radius 2 is 1.69 bits per heavy atom. The molecule has 0 heterocycles. The molecule has 0 saturated heterocycles. The SMILES string of the molecule is C=C(C)/C=C\C(=C)CN(CC)CC. The van der Waals surface area contributed by atoms with Gasteiger partial charge in [0.15, 0.2) is 0 Å². The van der Waals surface area contributed by atoms with Crippen LogP contribution < -0.4 is 0 Å². The molecule has 0 aromatic carbocycles. The van der Waals surface area contributed by atoms with Gasteiger partial charge in [0.05, 0.1) is 0 Å². The van der Waals surface area contributed by atoms with Gasteiger partial charge < -0.3 is 0 Å². The van der Waals surface area contributed by atoms with Crippen molar-refractivity contribution < 1.29 is 0 Å². The van der Waals surface area contributed by atoms with Crippen LogP contribution in [0, 0.1) is 0 Å². The molecule has 74 valence electrons. The Bertz CT molecular complexity index is 197. The number of allylic oxidation sites excluding steroid dienone is 2. The first kappa shape index (κ1) is 12.2. The predicted octanol–water partition coefficient (Wildman–Crippen LogP) is 3.02. The number of hydrogen-bond donors (Lipinski definition) is 0. The quantitative estimate of drug-likeness (QED) is 0.566. The summed E-state index contributed by atoms with van der Waals surface area (Å²) in [4.78, 5) is 2.34. The first-order valence-corrected chi connectivity index (χ1v) is 4.83. The van der Waals surface area contributed by atoms with Crippen LogP contribution in [-0.2, 0) is 0 Å². The van der Waals surface area contributed by atoms with E-state index in [9.17, 15) is 0 Å². The zero-order valence-electron chi connectivity index (χ0n) is 9.14. The van der Waals surface area contributed by atoms with Crippen molar-refractivity contribution in [1.82, 2.24) is 4.90 Å². The molecule has 0 amide bonds. The third kappa shape index (κ3) is 6.35. The van der Waals surface area contributed by atoms with Crippen molar-refractivity contribution in [2.45, 2.75) is 20.8 Å². The zero-order chi connectivity index (χ0) is 10.3. The Morgan fingerprint density at radius 3 is 2.08 bits per heavy atom. The molecule has 13 heavy (non-hydrogen) atoms. The standard InChI is InChI=1S/C12H21N/c1-6-13(7-2)10-12(5)9-8-11(3)4/h8-9H,3,5-7,10H2,1-2,4H3/b9-8-. The van der Waals surface area contributed by atoms with E-state index >= 15 is 0 Å². The lowest BCUT2D eigenvalue weighted by Gasteiger charge is -2.17. The molecule has 0 spiro atoms. The third-order valence-electron chi connectivity index (χ3n) is 1.92. The maximum atomic E-state index is 3.99. The molecule has 0 aliphatic heterocycles. The van der Waals surface area contributed by atoms with Crippen LogP contribution in [0.5, 0.6) is 0 Å². The molecule has 0 bridgehead atoms. The highest BCUT2D eigenvalue weighted by molar-refractivity contribution is 5.23. The topological polar surface area (TPSA) is 3.24 Å². The number of rotatable bonds is 6. The molecule has 0 atom stereocenters. The Labute approximate surface area is 82.4 Å². The van der Waals surface area contributed by atoms with Crippen LogP contribution in [0.25, 0.3) is 0 Å². The third-order valence-corrected chi connectivity index (χ3v) is 1.92. The molecular weight excluding hydrogens is 158 g/mol. The number of hydrogen-bond acceptors (Lipinski definition) is 1. The van der Waals surface area contributed by atoms with E-state index in [2.05, 4.69) is 31.9 Å². The Morgan fingerprint density at radius 1 is 1.15 bits per heavy atom. The summed E-state index contributed by atoms with van der Waals surface area (Å²) >= 11 is 0. The predicted molar refractivity (Wildman–Crippen MR) is 60.9 cm³/mol. The average Bonchev–Trinajstić information content (AvgIpc) is 2.10. The van der Waals surface area contributed by atoms with Crippen molar-refractivity contribution in [2.75, 3.05) is 19.6 Å². The molecule has 0 aliphatic carbocycles. The second-order valence-corrected chi connectivity index (χ2v) is 3.30. The van der Waals surface area contributed by atoms with Crippen molar-refractivity contribution in [2.24, 2.45) is 0 Å². The summed E-state index contributed by atoms with van der Waals surface area (Å²) in [5.74, 6) is 0. The van der Waals surface area contributed by atoms with Gasteiger partial charge in [-0.25, -0.2) is 0 Å². The van der Waals surface area contributed by atoms with Gasteiger partial charge in [0.25, 0.3) is 0 Å². The maximum Gasteiger partial charge on any atom is 0.0227 e. The summed E-state index contributed by atoms with van der Waals surface area (Å²) in [6, 6.07) is 0. The fraction of sp³-hybridized carbons (Fsp3) is 0.500. The van der Waals surface area contributed by atoms with Crippen LogP contribution in [0.2, 0.25) is 0 Å². The van der Waals surface area contributed by atoms with E-state index in [-0.39, 0.29) is 0 Å². The highest BCUT2D eigenvalue weighted by Gasteiger charge is 1.98. The largest absolute Gasteiger partial charge is 0.300 e. The van der Waals surface area contributed by atoms with Gasteiger partial charge in [-0.2, -0.15) is 0 Å². The molecule has 0 rings (SSSR count). The minimum Gasteiger partial charge on any atom is -0.300 e. The lowest BCUT2D eigenvalue weighted by molar-refractivity contribution is 0.332. The van der Waals surface area contributed by atoms with Crippen LogP contribution in [-0.4, -0.2) is 24.5 Å². The number of likely N-dealkylation sites (N-methyl/N-ethyl adjacent to an activating group) is 1. The van der Waals surface area contributed by atoms with E-state index in [1.54, 1.807) is 0 Å². The Kier molecular flexibility index (Phi) is 6.25. The fourth-order valence-corrected chi connectivity index (χ4v) is 1.05. The molecule has 0 fully saturated rings. The highest BCUT2D eigenvalue weighted by Crippen LogP contribution is 2.00. The molecular formula is C12H21N. The van der Waals surface area contributed by atoms with E-state index in [0.717, 1.165) is 30.8 Å². The van der Waals surface area contributed by atoms with Crippen LogP contribution in [0.15, 0.2) is 36.5 Å². The molecule has 0 aliphatic rings. The van der Waals surface area contributed by atoms with E-state index < -0.39 is 0 Å². The van der Waals surface area contributed by atoms with Crippen molar-refractivity contribution in [3.8, 4) is 0 Å². The van der Waals surface area contributed by atoms with Gasteiger partial charge >= 0.3 is 0 Å². The molecule has 0 aromatic heterocycles. The van der Waals surface area contributed by atoms with Gasteiger partial charge in [0.2, 0.25) is 0 Å². The highest BCUT2D eigenvalue weighted by atomic mass is 15.1. The minimum absolute atomic E-state index is 0.955. The summed E-state index contributed by atoms with van der Waals surface area (Å²) in [5, 5.41) is 0. The van der Waals surface area contributed by atoms with E-state index in [1.165, 1.54) is 0 Å². The minimum atomic E-state index is 0.955.